The Morgan fingerprint density at radius 1 is 1.27 bits per heavy atom. The molecule has 1 saturated heterocycles. The van der Waals surface area contributed by atoms with Crippen molar-refractivity contribution in [3.63, 3.8) is 0 Å². The van der Waals surface area contributed by atoms with E-state index in [9.17, 15) is 13.2 Å². The van der Waals surface area contributed by atoms with Crippen LogP contribution in [0.15, 0.2) is 0 Å². The van der Waals surface area contributed by atoms with Gasteiger partial charge >= 0.3 is 0 Å². The van der Waals surface area contributed by atoms with Crippen LogP contribution >= 0.6 is 0 Å². The highest BCUT2D eigenvalue weighted by atomic mass is 32.2. The third-order valence-corrected chi connectivity index (χ3v) is 5.67. The van der Waals surface area contributed by atoms with Gasteiger partial charge in [0, 0.05) is 19.3 Å². The predicted octanol–water partition coefficient (Wildman–Crippen LogP) is 0.700. The Morgan fingerprint density at radius 2 is 1.91 bits per heavy atom. The number of sulfone groups is 1. The molecule has 2 rings (SSSR count). The summed E-state index contributed by atoms with van der Waals surface area (Å²) in [6.45, 7) is 1.69. The second kappa shape index (κ2) is 7.27. The van der Waals surface area contributed by atoms with Crippen molar-refractivity contribution in [2.45, 2.75) is 56.6 Å². The minimum absolute atomic E-state index is 0.0462. The summed E-state index contributed by atoms with van der Waals surface area (Å²) in [4.78, 5) is 14.3. The molecule has 1 spiro atoms. The molecule has 22 heavy (non-hydrogen) atoms. The molecule has 2 fully saturated rings. The fourth-order valence-corrected chi connectivity index (χ4v) is 4.09. The molecule has 1 aliphatic heterocycles. The molecule has 1 atom stereocenters. The lowest BCUT2D eigenvalue weighted by molar-refractivity contribution is -0.154. The molecule has 2 aliphatic rings. The van der Waals surface area contributed by atoms with E-state index in [1.54, 1.807) is 4.90 Å². The minimum Gasteiger partial charge on any atom is -0.371 e. The highest BCUT2D eigenvalue weighted by Gasteiger charge is 2.39. The monoisotopic (exact) mass is 332 g/mol. The average Bonchev–Trinajstić information content (AvgIpc) is 2.69. The first-order valence-corrected chi connectivity index (χ1v) is 10.2. The van der Waals surface area contributed by atoms with E-state index in [1.807, 2.05) is 0 Å². The zero-order chi connectivity index (χ0) is 16.2. The highest BCUT2D eigenvalue weighted by molar-refractivity contribution is 7.90. The molecular formula is C15H28N2O4S. The maximum atomic E-state index is 12.5. The van der Waals surface area contributed by atoms with Gasteiger partial charge < -0.3 is 15.4 Å². The molecule has 0 aromatic rings. The Kier molecular flexibility index (Phi) is 5.85. The van der Waals surface area contributed by atoms with Crippen molar-refractivity contribution in [1.82, 2.24) is 4.90 Å². The van der Waals surface area contributed by atoms with E-state index in [0.717, 1.165) is 25.7 Å². The van der Waals surface area contributed by atoms with Crippen LogP contribution in [0, 0.1) is 0 Å². The zero-order valence-electron chi connectivity index (χ0n) is 13.4. The van der Waals surface area contributed by atoms with Gasteiger partial charge in [0.15, 0.2) is 0 Å². The van der Waals surface area contributed by atoms with Gasteiger partial charge in [-0.15, -0.1) is 0 Å². The van der Waals surface area contributed by atoms with Crippen LogP contribution in [0.3, 0.4) is 0 Å². The van der Waals surface area contributed by atoms with Gasteiger partial charge in [0.25, 0.3) is 0 Å². The Balaban J connectivity index is 1.94. The van der Waals surface area contributed by atoms with Gasteiger partial charge in [-0.3, -0.25) is 4.79 Å². The standard InChI is InChI=1S/C15H28N2O4S/c1-22(19,20)11-6-13(16)14(18)17-9-10-21-15(12-17)7-4-2-3-5-8-15/h13H,2-12,16H2,1H3. The molecule has 1 heterocycles. The quantitative estimate of drug-likeness (QED) is 0.818. The van der Waals surface area contributed by atoms with Crippen LogP contribution in [0.4, 0.5) is 0 Å². The number of hydrogen-bond donors (Lipinski definition) is 1. The minimum atomic E-state index is -3.09. The summed E-state index contributed by atoms with van der Waals surface area (Å²) in [5.41, 5.74) is 5.70. The second-order valence-electron chi connectivity index (χ2n) is 6.73. The van der Waals surface area contributed by atoms with Crippen LogP contribution in [0.25, 0.3) is 0 Å². The lowest BCUT2D eigenvalue weighted by Gasteiger charge is -2.43. The smallest absolute Gasteiger partial charge is 0.239 e. The van der Waals surface area contributed by atoms with Crippen LogP contribution < -0.4 is 5.73 Å². The van der Waals surface area contributed by atoms with Gasteiger partial charge in [0.1, 0.15) is 9.84 Å². The molecule has 7 heteroatoms. The summed E-state index contributed by atoms with van der Waals surface area (Å²) in [6, 6.07) is -0.740. The molecule has 2 N–H and O–H groups in total. The molecule has 0 radical (unpaired) electrons. The van der Waals surface area contributed by atoms with Gasteiger partial charge in [-0.1, -0.05) is 25.7 Å². The van der Waals surface area contributed by atoms with E-state index in [4.69, 9.17) is 10.5 Å². The number of hydrogen-bond acceptors (Lipinski definition) is 5. The highest BCUT2D eigenvalue weighted by Crippen LogP contribution is 2.33. The van der Waals surface area contributed by atoms with E-state index in [0.29, 0.717) is 19.7 Å². The fraction of sp³-hybridized carbons (Fsp3) is 0.933. The SMILES string of the molecule is CS(=O)(=O)CCC(N)C(=O)N1CCOC2(CCCCCC2)C1. The number of rotatable bonds is 4. The molecule has 0 aromatic heterocycles. The largest absolute Gasteiger partial charge is 0.371 e. The molecule has 1 aliphatic carbocycles. The summed E-state index contributed by atoms with van der Waals surface area (Å²) in [5, 5.41) is 0. The topological polar surface area (TPSA) is 89.7 Å². The molecule has 1 unspecified atom stereocenters. The molecule has 0 aromatic carbocycles. The maximum Gasteiger partial charge on any atom is 0.239 e. The van der Waals surface area contributed by atoms with E-state index in [2.05, 4.69) is 0 Å². The van der Waals surface area contributed by atoms with Crippen molar-refractivity contribution in [3.05, 3.63) is 0 Å². The van der Waals surface area contributed by atoms with Crippen molar-refractivity contribution in [2.75, 3.05) is 31.7 Å². The van der Waals surface area contributed by atoms with Crippen LogP contribution in [-0.2, 0) is 19.4 Å². The molecule has 1 saturated carbocycles. The van der Waals surface area contributed by atoms with Crippen LogP contribution in [-0.4, -0.2) is 62.6 Å². The average molecular weight is 332 g/mol. The summed E-state index contributed by atoms with van der Waals surface area (Å²) >= 11 is 0. The molecule has 128 valence electrons. The first kappa shape index (κ1) is 17.7. The third-order valence-electron chi connectivity index (χ3n) is 4.69. The molecule has 6 nitrogen and oxygen atoms in total. The number of ether oxygens (including phenoxy) is 1. The maximum absolute atomic E-state index is 12.5. The fourth-order valence-electron chi connectivity index (χ4n) is 3.41. The summed E-state index contributed by atoms with van der Waals surface area (Å²) in [5.74, 6) is -0.189. The first-order chi connectivity index (χ1) is 10.3. The number of morpholine rings is 1. The van der Waals surface area contributed by atoms with Gasteiger partial charge in [-0.05, 0) is 19.3 Å². The molecule has 1 amide bonds. The summed E-state index contributed by atoms with van der Waals surface area (Å²) < 4.78 is 28.5. The number of carbonyl (C=O) groups is 1. The van der Waals surface area contributed by atoms with Crippen molar-refractivity contribution in [1.29, 1.82) is 0 Å². The van der Waals surface area contributed by atoms with Crippen molar-refractivity contribution in [2.24, 2.45) is 5.73 Å². The zero-order valence-corrected chi connectivity index (χ0v) is 14.2. The number of amides is 1. The Morgan fingerprint density at radius 3 is 2.50 bits per heavy atom. The number of nitrogens with two attached hydrogens (primary N) is 1. The lowest BCUT2D eigenvalue weighted by atomic mass is 9.92. The second-order valence-corrected chi connectivity index (χ2v) is 8.99. The van der Waals surface area contributed by atoms with Gasteiger partial charge in [0.05, 0.1) is 24.0 Å². The van der Waals surface area contributed by atoms with Crippen LogP contribution in [0.2, 0.25) is 0 Å². The Bertz CT molecular complexity index is 484. The first-order valence-electron chi connectivity index (χ1n) is 8.17. The van der Waals surface area contributed by atoms with Crippen LogP contribution in [0.5, 0.6) is 0 Å². The lowest BCUT2D eigenvalue weighted by Crippen LogP contribution is -2.56. The van der Waals surface area contributed by atoms with Gasteiger partial charge in [0.2, 0.25) is 5.91 Å². The van der Waals surface area contributed by atoms with E-state index < -0.39 is 15.9 Å². The van der Waals surface area contributed by atoms with Crippen molar-refractivity contribution >= 4 is 15.7 Å². The van der Waals surface area contributed by atoms with E-state index in [1.165, 1.54) is 19.1 Å². The van der Waals surface area contributed by atoms with Gasteiger partial charge in [-0.25, -0.2) is 8.42 Å². The van der Waals surface area contributed by atoms with Gasteiger partial charge in [-0.2, -0.15) is 0 Å². The van der Waals surface area contributed by atoms with Crippen molar-refractivity contribution in [3.8, 4) is 0 Å². The van der Waals surface area contributed by atoms with Crippen molar-refractivity contribution < 1.29 is 17.9 Å². The summed E-state index contributed by atoms with van der Waals surface area (Å²) in [7, 11) is -3.09. The summed E-state index contributed by atoms with van der Waals surface area (Å²) in [6.07, 6.45) is 8.08. The molecule has 0 bridgehead atoms. The van der Waals surface area contributed by atoms with E-state index in [-0.39, 0.29) is 23.7 Å². The Labute approximate surface area is 133 Å². The number of nitrogens with zero attached hydrogens (tertiary/aromatic N) is 1. The normalized spacial score (nSPS) is 24.0. The Hall–Kier alpha value is -0.660. The van der Waals surface area contributed by atoms with E-state index >= 15 is 0 Å². The third kappa shape index (κ3) is 4.93. The molecular weight excluding hydrogens is 304 g/mol. The number of carbonyl (C=O) groups excluding carboxylic acids is 1. The van der Waals surface area contributed by atoms with Crippen LogP contribution in [0.1, 0.15) is 44.9 Å². The predicted molar refractivity (Wildman–Crippen MR) is 85.3 cm³/mol.